The van der Waals surface area contributed by atoms with Gasteiger partial charge in [-0.15, -0.1) is 0 Å². The Morgan fingerprint density at radius 3 is 1.47 bits per heavy atom. The summed E-state index contributed by atoms with van der Waals surface area (Å²) in [6.07, 6.45) is 29.3. The summed E-state index contributed by atoms with van der Waals surface area (Å²) in [4.78, 5) is 0. The van der Waals surface area contributed by atoms with E-state index in [0.29, 0.717) is 12.8 Å². The molecule has 5 nitrogen and oxygen atoms in total. The molecule has 2 saturated carbocycles. The lowest BCUT2D eigenvalue weighted by Gasteiger charge is -2.54. The molecule has 0 bridgehead atoms. The summed E-state index contributed by atoms with van der Waals surface area (Å²) in [6.45, 7) is 20.0. The van der Waals surface area contributed by atoms with Gasteiger partial charge >= 0.3 is 0 Å². The van der Waals surface area contributed by atoms with Gasteiger partial charge in [0, 0.05) is 23.7 Å². The van der Waals surface area contributed by atoms with E-state index < -0.39 is 22.7 Å². The third-order valence-corrected chi connectivity index (χ3v) is 10.2. The van der Waals surface area contributed by atoms with Crippen molar-refractivity contribution in [3.63, 3.8) is 0 Å². The molecule has 6 atom stereocenters. The van der Waals surface area contributed by atoms with E-state index in [0.717, 1.165) is 28.7 Å². The van der Waals surface area contributed by atoms with Crippen molar-refractivity contribution >= 4 is 0 Å². The van der Waals surface area contributed by atoms with E-state index in [4.69, 9.17) is 4.74 Å². The molecule has 45 heavy (non-hydrogen) atoms. The topological polar surface area (TPSA) is 93.5 Å². The molecular weight excluding hydrogens is 560 g/mol. The van der Waals surface area contributed by atoms with Gasteiger partial charge in [-0.2, -0.15) is 0 Å². The molecule has 0 amide bonds. The minimum Gasteiger partial charge on any atom is -0.393 e. The summed E-state index contributed by atoms with van der Waals surface area (Å²) in [5.74, 6) is 0. The Balaban J connectivity index is 1.52. The van der Waals surface area contributed by atoms with Crippen molar-refractivity contribution in [1.82, 2.24) is 0 Å². The maximum atomic E-state index is 11.4. The molecule has 0 radical (unpaired) electrons. The molecule has 0 aromatic rings. The maximum absolute atomic E-state index is 11.4. The van der Waals surface area contributed by atoms with Gasteiger partial charge in [-0.25, -0.2) is 0 Å². The van der Waals surface area contributed by atoms with Crippen LogP contribution in [0.1, 0.15) is 94.9 Å². The van der Waals surface area contributed by atoms with Gasteiger partial charge in [-0.1, -0.05) is 123 Å². The number of aliphatic hydroxyl groups is 4. The standard InChI is InChI=1S/C40H58O5/c1-29(17-13-19-31(3)21-23-39(44)35(5,6)25-33(41)27-37(39,9)43)15-11-12-16-30(2)18-14-20-32(4)22-24-40-36(7,8)26-34(42)28-38(40,10)45-40/h11-24,33-34,41-44H,25-28H2,1-10H3. The van der Waals surface area contributed by atoms with Gasteiger partial charge in [0.25, 0.3) is 0 Å². The van der Waals surface area contributed by atoms with Gasteiger partial charge in [0.2, 0.25) is 0 Å². The molecular formula is C40H58O5. The Hall–Kier alpha value is -2.54. The third-order valence-electron chi connectivity index (χ3n) is 10.2. The Morgan fingerprint density at radius 2 is 0.978 bits per heavy atom. The zero-order valence-corrected chi connectivity index (χ0v) is 29.3. The van der Waals surface area contributed by atoms with E-state index in [1.807, 2.05) is 70.2 Å². The normalized spacial score (nSPS) is 37.9. The Labute approximate surface area is 272 Å². The predicted octanol–water partition coefficient (Wildman–Crippen LogP) is 7.92. The number of hydrogen-bond acceptors (Lipinski definition) is 5. The van der Waals surface area contributed by atoms with Crippen LogP contribution >= 0.6 is 0 Å². The van der Waals surface area contributed by atoms with E-state index in [-0.39, 0.29) is 29.1 Å². The van der Waals surface area contributed by atoms with Crippen molar-refractivity contribution in [3.8, 4) is 0 Å². The van der Waals surface area contributed by atoms with Crippen molar-refractivity contribution in [2.24, 2.45) is 10.8 Å². The average Bonchev–Trinajstić information content (AvgIpc) is 3.52. The van der Waals surface area contributed by atoms with Crippen molar-refractivity contribution in [1.29, 1.82) is 0 Å². The number of fused-ring (bicyclic) bond motifs is 1. The molecule has 248 valence electrons. The molecule has 5 heteroatoms. The summed E-state index contributed by atoms with van der Waals surface area (Å²) in [7, 11) is 0. The molecule has 2 aliphatic carbocycles. The maximum Gasteiger partial charge on any atom is 0.121 e. The highest BCUT2D eigenvalue weighted by molar-refractivity contribution is 5.37. The second-order valence-corrected chi connectivity index (χ2v) is 15.4. The van der Waals surface area contributed by atoms with Crippen LogP contribution in [0.5, 0.6) is 0 Å². The molecule has 4 N–H and O–H groups in total. The first-order chi connectivity index (χ1) is 20.7. The van der Waals surface area contributed by atoms with Gasteiger partial charge in [0.05, 0.1) is 17.8 Å². The van der Waals surface area contributed by atoms with E-state index in [1.165, 1.54) is 0 Å². The van der Waals surface area contributed by atoms with E-state index in [2.05, 4.69) is 71.1 Å². The van der Waals surface area contributed by atoms with Crippen LogP contribution in [0.3, 0.4) is 0 Å². The van der Waals surface area contributed by atoms with Crippen LogP contribution in [0.2, 0.25) is 0 Å². The van der Waals surface area contributed by atoms with E-state index in [9.17, 15) is 20.4 Å². The first kappa shape index (κ1) is 36.9. The highest BCUT2D eigenvalue weighted by Crippen LogP contribution is 2.66. The summed E-state index contributed by atoms with van der Waals surface area (Å²) in [5.41, 5.74) is 0.0896. The van der Waals surface area contributed by atoms with E-state index >= 15 is 0 Å². The van der Waals surface area contributed by atoms with Gasteiger partial charge in [0.1, 0.15) is 16.8 Å². The third kappa shape index (κ3) is 8.25. The van der Waals surface area contributed by atoms with Crippen molar-refractivity contribution in [3.05, 3.63) is 107 Å². The molecule has 0 spiro atoms. The molecule has 3 aliphatic rings. The smallest absolute Gasteiger partial charge is 0.121 e. The molecule has 1 aliphatic heterocycles. The molecule has 3 rings (SSSR count). The largest absolute Gasteiger partial charge is 0.393 e. The van der Waals surface area contributed by atoms with Crippen LogP contribution < -0.4 is 0 Å². The predicted molar refractivity (Wildman–Crippen MR) is 187 cm³/mol. The first-order valence-corrected chi connectivity index (χ1v) is 16.3. The lowest BCUT2D eigenvalue weighted by atomic mass is 9.57. The SMILES string of the molecule is CC(C=CC=C(C)C=CC1(O)C(C)(C)CC(O)CC1(C)O)=CC=CC=C(C)C=CC=C(C)C=CC12OC1(C)CC(O)CC2(C)C. The second-order valence-electron chi connectivity index (χ2n) is 15.4. The van der Waals surface area contributed by atoms with Gasteiger partial charge in [0.15, 0.2) is 0 Å². The Bertz CT molecular complexity index is 1340. The summed E-state index contributed by atoms with van der Waals surface area (Å²) >= 11 is 0. The van der Waals surface area contributed by atoms with E-state index in [1.54, 1.807) is 13.0 Å². The fraction of sp³-hybridized carbons (Fsp3) is 0.550. The van der Waals surface area contributed by atoms with Crippen LogP contribution in [-0.4, -0.2) is 55.0 Å². The number of aliphatic hydroxyl groups excluding tert-OH is 2. The molecule has 1 heterocycles. The Morgan fingerprint density at radius 1 is 0.556 bits per heavy atom. The number of hydrogen-bond donors (Lipinski definition) is 4. The monoisotopic (exact) mass is 618 g/mol. The highest BCUT2D eigenvalue weighted by atomic mass is 16.6. The lowest BCUT2D eigenvalue weighted by Crippen LogP contribution is -2.65. The Kier molecular flexibility index (Phi) is 11.2. The van der Waals surface area contributed by atoms with Gasteiger partial charge in [-0.05, 0) is 66.5 Å². The van der Waals surface area contributed by atoms with Crippen LogP contribution in [0, 0.1) is 10.8 Å². The van der Waals surface area contributed by atoms with Gasteiger partial charge < -0.3 is 25.2 Å². The summed E-state index contributed by atoms with van der Waals surface area (Å²) < 4.78 is 6.24. The molecule has 1 saturated heterocycles. The number of rotatable bonds is 10. The minimum absolute atomic E-state index is 0.111. The van der Waals surface area contributed by atoms with Crippen molar-refractivity contribution in [2.75, 3.05) is 0 Å². The lowest BCUT2D eigenvalue weighted by molar-refractivity contribution is -0.216. The fourth-order valence-electron chi connectivity index (χ4n) is 7.48. The zero-order chi connectivity index (χ0) is 33.9. The van der Waals surface area contributed by atoms with Crippen molar-refractivity contribution < 1.29 is 25.2 Å². The average molecular weight is 619 g/mol. The number of allylic oxidation sites excluding steroid dienone is 16. The number of epoxide rings is 1. The molecule has 6 unspecified atom stereocenters. The minimum atomic E-state index is -1.45. The highest BCUT2D eigenvalue weighted by Gasteiger charge is 2.74. The molecule has 0 aromatic heterocycles. The fourth-order valence-corrected chi connectivity index (χ4v) is 7.48. The number of ether oxygens (including phenoxy) is 1. The molecule has 0 aromatic carbocycles. The van der Waals surface area contributed by atoms with Crippen LogP contribution in [-0.2, 0) is 4.74 Å². The van der Waals surface area contributed by atoms with Crippen LogP contribution in [0.4, 0.5) is 0 Å². The zero-order valence-electron chi connectivity index (χ0n) is 29.3. The van der Waals surface area contributed by atoms with Gasteiger partial charge in [-0.3, -0.25) is 0 Å². The molecule has 3 fully saturated rings. The van der Waals surface area contributed by atoms with Crippen molar-refractivity contribution in [2.45, 2.75) is 130 Å². The quantitative estimate of drug-likeness (QED) is 0.147. The first-order valence-electron chi connectivity index (χ1n) is 16.3. The van der Waals surface area contributed by atoms with Crippen LogP contribution in [0.15, 0.2) is 107 Å². The van der Waals surface area contributed by atoms with Crippen LogP contribution in [0.25, 0.3) is 0 Å². The second kappa shape index (κ2) is 13.7. The summed E-state index contributed by atoms with van der Waals surface area (Å²) in [5, 5.41) is 42.7. The summed E-state index contributed by atoms with van der Waals surface area (Å²) in [6, 6.07) is 0.